The molecule has 1 unspecified atom stereocenters. The molecule has 0 fully saturated rings. The van der Waals surface area contributed by atoms with E-state index in [9.17, 15) is 8.42 Å². The summed E-state index contributed by atoms with van der Waals surface area (Å²) >= 11 is 1.20. The molecule has 0 saturated heterocycles. The summed E-state index contributed by atoms with van der Waals surface area (Å²) in [5.41, 5.74) is 6.75. The van der Waals surface area contributed by atoms with Crippen LogP contribution in [0, 0.1) is 0 Å². The van der Waals surface area contributed by atoms with E-state index in [4.69, 9.17) is 10.5 Å². The van der Waals surface area contributed by atoms with Crippen LogP contribution in [0.4, 0.5) is 5.69 Å². The maximum Gasteiger partial charge on any atom is 0.250 e. The Kier molecular flexibility index (Phi) is 3.66. The van der Waals surface area contributed by atoms with Crippen LogP contribution in [0.3, 0.4) is 0 Å². The highest BCUT2D eigenvalue weighted by atomic mass is 32.2. The van der Waals surface area contributed by atoms with Gasteiger partial charge in [0.05, 0.1) is 6.04 Å². The van der Waals surface area contributed by atoms with E-state index in [1.165, 1.54) is 11.3 Å². The number of thiophene rings is 1. The van der Waals surface area contributed by atoms with E-state index in [0.29, 0.717) is 22.1 Å². The Balaban J connectivity index is 1.99. The Morgan fingerprint density at radius 2 is 2.14 bits per heavy atom. The minimum Gasteiger partial charge on any atom is -0.487 e. The Labute approximate surface area is 134 Å². The SMILES string of the molecule is CC1(C)CC(NS(=O)(=O)c2cccs2)c2cc(N)ccc2O1. The lowest BCUT2D eigenvalue weighted by molar-refractivity contribution is 0.0702. The molecular formula is C15H18N2O3S2. The average molecular weight is 338 g/mol. The summed E-state index contributed by atoms with van der Waals surface area (Å²) < 4.78 is 34.0. The van der Waals surface area contributed by atoms with Gasteiger partial charge in [-0.1, -0.05) is 6.07 Å². The number of nitrogens with one attached hydrogen (secondary N) is 1. The summed E-state index contributed by atoms with van der Waals surface area (Å²) in [4.78, 5) is 0. The fraction of sp³-hybridized carbons (Fsp3) is 0.333. The zero-order chi connectivity index (χ0) is 16.0. The zero-order valence-corrected chi connectivity index (χ0v) is 14.0. The van der Waals surface area contributed by atoms with Gasteiger partial charge in [-0.2, -0.15) is 0 Å². The zero-order valence-electron chi connectivity index (χ0n) is 12.4. The lowest BCUT2D eigenvalue weighted by Gasteiger charge is -2.37. The lowest BCUT2D eigenvalue weighted by Crippen LogP contribution is -2.41. The number of sulfonamides is 1. The maximum atomic E-state index is 12.5. The molecule has 0 radical (unpaired) electrons. The number of hydrogen-bond acceptors (Lipinski definition) is 5. The molecule has 3 rings (SSSR count). The van der Waals surface area contributed by atoms with Gasteiger partial charge in [-0.25, -0.2) is 13.1 Å². The van der Waals surface area contributed by atoms with Gasteiger partial charge in [-0.15, -0.1) is 11.3 Å². The van der Waals surface area contributed by atoms with Crippen LogP contribution in [0.2, 0.25) is 0 Å². The highest BCUT2D eigenvalue weighted by Gasteiger charge is 2.36. The van der Waals surface area contributed by atoms with Gasteiger partial charge >= 0.3 is 0 Å². The number of fused-ring (bicyclic) bond motifs is 1. The van der Waals surface area contributed by atoms with Crippen molar-refractivity contribution in [3.8, 4) is 5.75 Å². The first-order valence-corrected chi connectivity index (χ1v) is 9.27. The Hall–Kier alpha value is -1.57. The molecule has 0 saturated carbocycles. The van der Waals surface area contributed by atoms with E-state index >= 15 is 0 Å². The predicted octanol–water partition coefficient (Wildman–Crippen LogP) is 2.91. The van der Waals surface area contributed by atoms with Crippen molar-refractivity contribution in [3.05, 3.63) is 41.3 Å². The van der Waals surface area contributed by atoms with E-state index in [1.54, 1.807) is 35.7 Å². The Morgan fingerprint density at radius 1 is 1.36 bits per heavy atom. The third-order valence-electron chi connectivity index (χ3n) is 3.55. The maximum absolute atomic E-state index is 12.5. The molecule has 7 heteroatoms. The highest BCUT2D eigenvalue weighted by Crippen LogP contribution is 2.41. The number of ether oxygens (including phenoxy) is 1. The van der Waals surface area contributed by atoms with Crippen LogP contribution < -0.4 is 15.2 Å². The number of nitrogens with two attached hydrogens (primary N) is 1. The molecule has 5 nitrogen and oxygen atoms in total. The van der Waals surface area contributed by atoms with Crippen molar-refractivity contribution in [2.24, 2.45) is 0 Å². The first-order valence-electron chi connectivity index (χ1n) is 6.91. The van der Waals surface area contributed by atoms with E-state index in [0.717, 1.165) is 5.56 Å². The van der Waals surface area contributed by atoms with Crippen LogP contribution in [-0.2, 0) is 10.0 Å². The summed E-state index contributed by atoms with van der Waals surface area (Å²) in [6.45, 7) is 3.89. The monoisotopic (exact) mass is 338 g/mol. The third-order valence-corrected chi connectivity index (χ3v) is 6.42. The van der Waals surface area contributed by atoms with Crippen LogP contribution in [0.25, 0.3) is 0 Å². The van der Waals surface area contributed by atoms with Crippen LogP contribution in [0.15, 0.2) is 39.9 Å². The molecule has 2 heterocycles. The summed E-state index contributed by atoms with van der Waals surface area (Å²) in [6.07, 6.45) is 0.536. The van der Waals surface area contributed by atoms with Crippen molar-refractivity contribution in [3.63, 3.8) is 0 Å². The van der Waals surface area contributed by atoms with Crippen molar-refractivity contribution in [2.75, 3.05) is 5.73 Å². The molecule has 0 spiro atoms. The second-order valence-electron chi connectivity index (χ2n) is 5.97. The van der Waals surface area contributed by atoms with Gasteiger partial charge in [0.2, 0.25) is 0 Å². The van der Waals surface area contributed by atoms with Crippen LogP contribution >= 0.6 is 11.3 Å². The largest absolute Gasteiger partial charge is 0.487 e. The van der Waals surface area contributed by atoms with E-state index in [-0.39, 0.29) is 6.04 Å². The molecule has 0 amide bonds. The minimum atomic E-state index is -3.55. The molecule has 0 bridgehead atoms. The van der Waals surface area contributed by atoms with Gasteiger partial charge in [0.25, 0.3) is 10.0 Å². The molecular weight excluding hydrogens is 320 g/mol. The van der Waals surface area contributed by atoms with Crippen molar-refractivity contribution in [1.29, 1.82) is 0 Å². The van der Waals surface area contributed by atoms with Crippen molar-refractivity contribution in [1.82, 2.24) is 4.72 Å². The first-order chi connectivity index (χ1) is 10.3. The third kappa shape index (κ3) is 2.97. The molecule has 1 aliphatic heterocycles. The number of benzene rings is 1. The smallest absolute Gasteiger partial charge is 0.250 e. The molecule has 22 heavy (non-hydrogen) atoms. The quantitative estimate of drug-likeness (QED) is 0.843. The van der Waals surface area contributed by atoms with E-state index < -0.39 is 15.6 Å². The van der Waals surface area contributed by atoms with Crippen molar-refractivity contribution in [2.45, 2.75) is 36.1 Å². The Morgan fingerprint density at radius 3 is 2.82 bits per heavy atom. The molecule has 0 aliphatic carbocycles. The highest BCUT2D eigenvalue weighted by molar-refractivity contribution is 7.91. The molecule has 1 aliphatic rings. The lowest BCUT2D eigenvalue weighted by atomic mass is 9.90. The second-order valence-corrected chi connectivity index (χ2v) is 8.86. The molecule has 1 aromatic heterocycles. The van der Waals surface area contributed by atoms with Gasteiger partial charge < -0.3 is 10.5 Å². The fourth-order valence-electron chi connectivity index (χ4n) is 2.64. The number of anilines is 1. The summed E-state index contributed by atoms with van der Waals surface area (Å²) in [5, 5.41) is 1.74. The summed E-state index contributed by atoms with van der Waals surface area (Å²) in [7, 11) is -3.55. The number of nitrogen functional groups attached to an aromatic ring is 1. The average Bonchev–Trinajstić information content (AvgIpc) is 2.93. The normalized spacial score (nSPS) is 20.2. The van der Waals surface area contributed by atoms with E-state index in [2.05, 4.69) is 4.72 Å². The predicted molar refractivity (Wildman–Crippen MR) is 87.6 cm³/mol. The molecule has 118 valence electrons. The van der Waals surface area contributed by atoms with Gasteiger partial charge in [0, 0.05) is 17.7 Å². The first kappa shape index (κ1) is 15.3. The molecule has 3 N–H and O–H groups in total. The summed E-state index contributed by atoms with van der Waals surface area (Å²) in [6, 6.07) is 8.26. The van der Waals surface area contributed by atoms with Gasteiger partial charge in [-0.05, 0) is 43.5 Å². The fourth-order valence-corrected chi connectivity index (χ4v) is 4.86. The molecule has 1 atom stereocenters. The minimum absolute atomic E-state index is 0.308. The van der Waals surface area contributed by atoms with Crippen LogP contribution in [0.5, 0.6) is 5.75 Å². The Bertz CT molecular complexity index is 783. The van der Waals surface area contributed by atoms with Gasteiger partial charge in [0.15, 0.2) is 0 Å². The van der Waals surface area contributed by atoms with Gasteiger partial charge in [-0.3, -0.25) is 0 Å². The molecule has 1 aromatic carbocycles. The van der Waals surface area contributed by atoms with E-state index in [1.807, 2.05) is 13.8 Å². The summed E-state index contributed by atoms with van der Waals surface area (Å²) in [5.74, 6) is 0.671. The van der Waals surface area contributed by atoms with Crippen molar-refractivity contribution >= 4 is 27.0 Å². The van der Waals surface area contributed by atoms with Crippen LogP contribution in [-0.4, -0.2) is 14.0 Å². The second kappa shape index (κ2) is 5.26. The van der Waals surface area contributed by atoms with Crippen LogP contribution in [0.1, 0.15) is 31.9 Å². The topological polar surface area (TPSA) is 81.4 Å². The standard InChI is InChI=1S/C15H18N2O3S2/c1-15(2)9-12(11-8-10(16)5-6-13(11)20-15)17-22(18,19)14-4-3-7-21-14/h3-8,12,17H,9,16H2,1-2H3. The van der Waals surface area contributed by atoms with Crippen molar-refractivity contribution < 1.29 is 13.2 Å². The molecule has 2 aromatic rings. The van der Waals surface area contributed by atoms with Gasteiger partial charge in [0.1, 0.15) is 15.6 Å². The number of hydrogen-bond donors (Lipinski definition) is 2. The number of rotatable bonds is 3.